The zero-order valence-electron chi connectivity index (χ0n) is 13.4. The lowest BCUT2D eigenvalue weighted by Crippen LogP contribution is -2.20. The molecule has 1 atom stereocenters. The van der Waals surface area contributed by atoms with E-state index in [4.69, 9.17) is 21.1 Å². The highest BCUT2D eigenvalue weighted by molar-refractivity contribution is 6.32. The Morgan fingerprint density at radius 3 is 2.72 bits per heavy atom. The summed E-state index contributed by atoms with van der Waals surface area (Å²) in [7, 11) is 0. The van der Waals surface area contributed by atoms with E-state index in [0.29, 0.717) is 21.7 Å². The number of esters is 1. The molecule has 0 aliphatic heterocycles. The van der Waals surface area contributed by atoms with E-state index in [0.717, 1.165) is 0 Å². The largest absolute Gasteiger partial charge is 0.480 e. The Kier molecular flexibility index (Phi) is 5.00. The van der Waals surface area contributed by atoms with E-state index in [9.17, 15) is 9.59 Å². The summed E-state index contributed by atoms with van der Waals surface area (Å²) in [6.45, 7) is 1.33. The molecule has 0 saturated carbocycles. The third kappa shape index (κ3) is 3.97. The zero-order valence-corrected chi connectivity index (χ0v) is 14.1. The number of carbonyl (C=O) groups is 1. The first-order chi connectivity index (χ1) is 12.0. The summed E-state index contributed by atoms with van der Waals surface area (Å²) in [5, 5.41) is 0.885. The predicted octanol–water partition coefficient (Wildman–Crippen LogP) is 3.26. The molecule has 2 aromatic carbocycles. The first kappa shape index (κ1) is 17.0. The van der Waals surface area contributed by atoms with Crippen LogP contribution in [-0.4, -0.2) is 22.5 Å². The van der Waals surface area contributed by atoms with Crippen LogP contribution in [0.1, 0.15) is 18.9 Å². The van der Waals surface area contributed by atoms with E-state index < -0.39 is 12.1 Å². The van der Waals surface area contributed by atoms with Crippen molar-refractivity contribution in [3.63, 3.8) is 0 Å². The van der Waals surface area contributed by atoms with Gasteiger partial charge in [-0.05, 0) is 31.2 Å². The highest BCUT2D eigenvalue weighted by Crippen LogP contribution is 2.23. The van der Waals surface area contributed by atoms with Crippen LogP contribution in [0.5, 0.6) is 5.75 Å². The first-order valence-electron chi connectivity index (χ1n) is 7.60. The van der Waals surface area contributed by atoms with Crippen molar-refractivity contribution >= 4 is 28.5 Å². The van der Waals surface area contributed by atoms with Crippen molar-refractivity contribution in [3.8, 4) is 5.75 Å². The van der Waals surface area contributed by atoms with E-state index in [-0.39, 0.29) is 18.0 Å². The standard InChI is InChI=1S/C18H15ClN2O4/c1-11(17-20-14-8-4-2-6-12(14)18(23)21-17)25-16(22)10-24-15-9-5-3-7-13(15)19/h2-9,11H,10H2,1H3,(H,20,21,23)/t11-/m1/s1. The Hall–Kier alpha value is -2.86. The van der Waals surface area contributed by atoms with Gasteiger partial charge in [0.15, 0.2) is 18.5 Å². The van der Waals surface area contributed by atoms with Crippen LogP contribution in [-0.2, 0) is 9.53 Å². The third-order valence-electron chi connectivity index (χ3n) is 3.51. The maximum Gasteiger partial charge on any atom is 0.344 e. The number of aromatic nitrogens is 2. The van der Waals surface area contributed by atoms with E-state index in [1.807, 2.05) is 0 Å². The Morgan fingerprint density at radius 2 is 1.92 bits per heavy atom. The topological polar surface area (TPSA) is 81.3 Å². The SMILES string of the molecule is C[C@@H](OC(=O)COc1ccccc1Cl)c1nc2ccccc2c(=O)[nH]1. The molecule has 0 saturated heterocycles. The molecule has 0 aliphatic rings. The lowest BCUT2D eigenvalue weighted by Gasteiger charge is -2.13. The minimum Gasteiger partial charge on any atom is -0.480 e. The number of hydrogen-bond donors (Lipinski definition) is 1. The fourth-order valence-corrected chi connectivity index (χ4v) is 2.47. The number of fused-ring (bicyclic) bond motifs is 1. The van der Waals surface area contributed by atoms with Crippen LogP contribution in [0, 0.1) is 0 Å². The summed E-state index contributed by atoms with van der Waals surface area (Å²) in [6.07, 6.45) is -0.723. The van der Waals surface area contributed by atoms with Crippen molar-refractivity contribution in [1.29, 1.82) is 0 Å². The average Bonchev–Trinajstić information content (AvgIpc) is 2.61. The number of nitrogens with one attached hydrogen (secondary N) is 1. The average molecular weight is 359 g/mol. The number of ether oxygens (including phenoxy) is 2. The van der Waals surface area contributed by atoms with Gasteiger partial charge in [-0.3, -0.25) is 4.79 Å². The van der Waals surface area contributed by atoms with Gasteiger partial charge in [0.2, 0.25) is 0 Å². The van der Waals surface area contributed by atoms with Crippen molar-refractivity contribution in [2.45, 2.75) is 13.0 Å². The zero-order chi connectivity index (χ0) is 17.8. The molecule has 1 heterocycles. The summed E-state index contributed by atoms with van der Waals surface area (Å²) >= 11 is 5.96. The summed E-state index contributed by atoms with van der Waals surface area (Å²) < 4.78 is 10.6. The number of benzene rings is 2. The summed E-state index contributed by atoms with van der Waals surface area (Å²) in [5.41, 5.74) is 0.257. The Morgan fingerprint density at radius 1 is 1.20 bits per heavy atom. The molecule has 3 rings (SSSR count). The van der Waals surface area contributed by atoms with Crippen molar-refractivity contribution in [3.05, 3.63) is 69.7 Å². The van der Waals surface area contributed by atoms with Crippen molar-refractivity contribution in [2.24, 2.45) is 0 Å². The molecule has 1 aromatic heterocycles. The quantitative estimate of drug-likeness (QED) is 0.708. The number of hydrogen-bond acceptors (Lipinski definition) is 5. The number of carbonyl (C=O) groups excluding carboxylic acids is 1. The van der Waals surface area contributed by atoms with E-state index >= 15 is 0 Å². The van der Waals surface area contributed by atoms with Crippen LogP contribution in [0.2, 0.25) is 5.02 Å². The first-order valence-corrected chi connectivity index (χ1v) is 7.98. The summed E-state index contributed by atoms with van der Waals surface area (Å²) in [4.78, 5) is 31.0. The second-order valence-electron chi connectivity index (χ2n) is 5.32. The van der Waals surface area contributed by atoms with Gasteiger partial charge in [-0.1, -0.05) is 35.9 Å². The molecule has 0 fully saturated rings. The van der Waals surface area contributed by atoms with Crippen LogP contribution in [0.25, 0.3) is 10.9 Å². The normalized spacial score (nSPS) is 11.9. The minimum atomic E-state index is -0.723. The van der Waals surface area contributed by atoms with Gasteiger partial charge in [0.1, 0.15) is 5.75 Å². The number of H-pyrrole nitrogens is 1. The molecule has 25 heavy (non-hydrogen) atoms. The monoisotopic (exact) mass is 358 g/mol. The molecule has 0 spiro atoms. The Bertz CT molecular complexity index is 970. The molecule has 6 nitrogen and oxygen atoms in total. The van der Waals surface area contributed by atoms with Gasteiger partial charge in [-0.15, -0.1) is 0 Å². The molecule has 128 valence electrons. The molecular weight excluding hydrogens is 344 g/mol. The van der Waals surface area contributed by atoms with Gasteiger partial charge in [-0.25, -0.2) is 9.78 Å². The number of aromatic amines is 1. The molecule has 3 aromatic rings. The second kappa shape index (κ2) is 7.36. The van der Waals surface area contributed by atoms with Crippen molar-refractivity contribution in [2.75, 3.05) is 6.61 Å². The smallest absolute Gasteiger partial charge is 0.344 e. The van der Waals surface area contributed by atoms with Crippen LogP contribution in [0.15, 0.2) is 53.3 Å². The minimum absolute atomic E-state index is 0.273. The van der Waals surface area contributed by atoms with Gasteiger partial charge in [0.05, 0.1) is 15.9 Å². The predicted molar refractivity (Wildman–Crippen MR) is 93.8 cm³/mol. The van der Waals surface area contributed by atoms with Gasteiger partial charge in [0.25, 0.3) is 5.56 Å². The molecule has 0 aliphatic carbocycles. The molecule has 0 amide bonds. The lowest BCUT2D eigenvalue weighted by atomic mass is 10.2. The Balaban J connectivity index is 1.67. The maximum atomic E-state index is 12.1. The van der Waals surface area contributed by atoms with Crippen LogP contribution >= 0.6 is 11.6 Å². The van der Waals surface area contributed by atoms with Crippen LogP contribution in [0.4, 0.5) is 0 Å². The molecular formula is C18H15ClN2O4. The number of para-hydroxylation sites is 2. The van der Waals surface area contributed by atoms with Crippen LogP contribution < -0.4 is 10.3 Å². The van der Waals surface area contributed by atoms with Crippen LogP contribution in [0.3, 0.4) is 0 Å². The van der Waals surface area contributed by atoms with Gasteiger partial charge >= 0.3 is 5.97 Å². The lowest BCUT2D eigenvalue weighted by molar-refractivity contribution is -0.151. The van der Waals surface area contributed by atoms with E-state index in [1.54, 1.807) is 55.5 Å². The fourth-order valence-electron chi connectivity index (χ4n) is 2.28. The maximum absolute atomic E-state index is 12.1. The third-order valence-corrected chi connectivity index (χ3v) is 3.82. The number of nitrogens with zero attached hydrogens (tertiary/aromatic N) is 1. The highest BCUT2D eigenvalue weighted by atomic mass is 35.5. The number of rotatable bonds is 5. The molecule has 0 bridgehead atoms. The fraction of sp³-hybridized carbons (Fsp3) is 0.167. The molecule has 0 unspecified atom stereocenters. The summed E-state index contributed by atoms with van der Waals surface area (Å²) in [5.74, 6) is 0.0732. The van der Waals surface area contributed by atoms with E-state index in [1.165, 1.54) is 0 Å². The molecule has 0 radical (unpaired) electrons. The molecule has 7 heteroatoms. The Labute approximate surface area is 148 Å². The number of halogens is 1. The molecule has 1 N–H and O–H groups in total. The van der Waals surface area contributed by atoms with Gasteiger partial charge in [0, 0.05) is 0 Å². The van der Waals surface area contributed by atoms with E-state index in [2.05, 4.69) is 9.97 Å². The van der Waals surface area contributed by atoms with Crippen molar-refractivity contribution < 1.29 is 14.3 Å². The van der Waals surface area contributed by atoms with Gasteiger partial charge in [-0.2, -0.15) is 0 Å². The summed E-state index contributed by atoms with van der Waals surface area (Å²) in [6, 6.07) is 13.8. The second-order valence-corrected chi connectivity index (χ2v) is 5.73. The highest BCUT2D eigenvalue weighted by Gasteiger charge is 2.16. The van der Waals surface area contributed by atoms with Crippen molar-refractivity contribution in [1.82, 2.24) is 9.97 Å². The van der Waals surface area contributed by atoms with Gasteiger partial charge < -0.3 is 14.5 Å².